The van der Waals surface area contributed by atoms with Gasteiger partial charge in [0, 0.05) is 0 Å². The van der Waals surface area contributed by atoms with Gasteiger partial charge in [0.2, 0.25) is 3.79 Å². The predicted molar refractivity (Wildman–Crippen MR) is 70.2 cm³/mol. The topological polar surface area (TPSA) is 62.7 Å². The number of aryl methyl sites for hydroxylation is 1. The van der Waals surface area contributed by atoms with Crippen LogP contribution >= 0.6 is 34.8 Å². The summed E-state index contributed by atoms with van der Waals surface area (Å²) in [6.07, 6.45) is 0. The van der Waals surface area contributed by atoms with E-state index in [1.807, 2.05) is 6.92 Å². The first kappa shape index (κ1) is 15.0. The zero-order valence-electron chi connectivity index (χ0n) is 9.36. The highest BCUT2D eigenvalue weighted by Gasteiger charge is 2.29. The van der Waals surface area contributed by atoms with Crippen LogP contribution in [-0.2, 0) is 9.53 Å². The predicted octanol–water partition coefficient (Wildman–Crippen LogP) is 2.93. The standard InChI is InChI=1S/C11H9Cl3N2O2/c1-7-2-4-8(5-3-7)9(16-15)10(17)18-6-11(12,13)14/h2-5H,6H2,1H3. The van der Waals surface area contributed by atoms with E-state index in [1.165, 1.54) is 0 Å². The molecule has 0 aliphatic carbocycles. The van der Waals surface area contributed by atoms with E-state index in [2.05, 4.69) is 4.79 Å². The van der Waals surface area contributed by atoms with Crippen molar-refractivity contribution in [3.63, 3.8) is 0 Å². The van der Waals surface area contributed by atoms with Crippen molar-refractivity contribution in [2.24, 2.45) is 0 Å². The van der Waals surface area contributed by atoms with Crippen molar-refractivity contribution in [2.45, 2.75) is 10.7 Å². The van der Waals surface area contributed by atoms with Crippen molar-refractivity contribution in [3.05, 3.63) is 40.9 Å². The number of alkyl halides is 3. The number of nitrogens with zero attached hydrogens (tertiary/aromatic N) is 2. The van der Waals surface area contributed by atoms with Gasteiger partial charge in [-0.3, -0.25) is 0 Å². The minimum Gasteiger partial charge on any atom is -0.452 e. The molecule has 0 radical (unpaired) electrons. The molecule has 0 aliphatic rings. The van der Waals surface area contributed by atoms with Crippen molar-refractivity contribution < 1.29 is 14.3 Å². The molecule has 4 nitrogen and oxygen atoms in total. The summed E-state index contributed by atoms with van der Waals surface area (Å²) < 4.78 is 3.01. The van der Waals surface area contributed by atoms with Crippen LogP contribution in [0.5, 0.6) is 0 Å². The fraction of sp³-hybridized carbons (Fsp3) is 0.273. The lowest BCUT2D eigenvalue weighted by Gasteiger charge is -2.09. The minimum absolute atomic E-state index is 0.246. The van der Waals surface area contributed by atoms with E-state index in [-0.39, 0.29) is 5.71 Å². The van der Waals surface area contributed by atoms with E-state index in [4.69, 9.17) is 45.1 Å². The number of hydrogen-bond donors (Lipinski definition) is 0. The van der Waals surface area contributed by atoms with Gasteiger partial charge in [-0.2, -0.15) is 4.79 Å². The van der Waals surface area contributed by atoms with Gasteiger partial charge in [0.25, 0.3) is 0 Å². The Labute approximate surface area is 119 Å². The monoisotopic (exact) mass is 306 g/mol. The first-order chi connectivity index (χ1) is 8.33. The van der Waals surface area contributed by atoms with E-state index in [0.717, 1.165) is 5.56 Å². The second-order valence-electron chi connectivity index (χ2n) is 3.51. The second kappa shape index (κ2) is 6.21. The average Bonchev–Trinajstić information content (AvgIpc) is 2.29. The summed E-state index contributed by atoms with van der Waals surface area (Å²) in [7, 11) is 0. The largest absolute Gasteiger partial charge is 0.452 e. The van der Waals surface area contributed by atoms with Crippen LogP contribution in [0.25, 0.3) is 5.53 Å². The lowest BCUT2D eigenvalue weighted by atomic mass is 10.1. The van der Waals surface area contributed by atoms with Gasteiger partial charge in [0.15, 0.2) is 0 Å². The van der Waals surface area contributed by atoms with Crippen molar-refractivity contribution in [2.75, 3.05) is 6.61 Å². The summed E-state index contributed by atoms with van der Waals surface area (Å²) in [5.74, 6) is -0.868. The zero-order chi connectivity index (χ0) is 13.8. The Hall–Kier alpha value is -1.06. The van der Waals surface area contributed by atoms with E-state index >= 15 is 0 Å². The second-order valence-corrected chi connectivity index (χ2v) is 6.02. The van der Waals surface area contributed by atoms with Gasteiger partial charge in [-0.25, -0.2) is 4.79 Å². The third kappa shape index (κ3) is 4.67. The Morgan fingerprint density at radius 2 is 1.89 bits per heavy atom. The van der Waals surface area contributed by atoms with Crippen LogP contribution in [0.1, 0.15) is 11.1 Å². The highest BCUT2D eigenvalue weighted by Crippen LogP contribution is 2.26. The molecule has 96 valence electrons. The Morgan fingerprint density at radius 3 is 2.33 bits per heavy atom. The summed E-state index contributed by atoms with van der Waals surface area (Å²) in [6, 6.07) is 6.79. The SMILES string of the molecule is Cc1ccc(C(=[N+]=[N-])C(=O)OCC(Cl)(Cl)Cl)cc1. The molecule has 0 aromatic heterocycles. The smallest absolute Gasteiger partial charge is 0.422 e. The summed E-state index contributed by atoms with van der Waals surface area (Å²) >= 11 is 16.3. The summed E-state index contributed by atoms with van der Waals surface area (Å²) in [5, 5.41) is 0. The number of carbonyl (C=O) groups excluding carboxylic acids is 1. The molecule has 0 heterocycles. The highest BCUT2D eigenvalue weighted by atomic mass is 35.6. The maximum Gasteiger partial charge on any atom is 0.422 e. The molecule has 0 saturated heterocycles. The van der Waals surface area contributed by atoms with Crippen LogP contribution in [0.15, 0.2) is 24.3 Å². The normalized spacial score (nSPS) is 10.7. The molecule has 0 N–H and O–H groups in total. The fourth-order valence-electron chi connectivity index (χ4n) is 1.14. The van der Waals surface area contributed by atoms with Crippen molar-refractivity contribution >= 4 is 46.5 Å². The van der Waals surface area contributed by atoms with Gasteiger partial charge in [0.1, 0.15) is 6.61 Å². The Bertz CT molecular complexity index is 488. The number of carbonyl (C=O) groups is 1. The maximum absolute atomic E-state index is 11.6. The van der Waals surface area contributed by atoms with Gasteiger partial charge < -0.3 is 10.3 Å². The Kier molecular flexibility index (Phi) is 5.17. The minimum atomic E-state index is -1.70. The average molecular weight is 308 g/mol. The van der Waals surface area contributed by atoms with Gasteiger partial charge in [-0.15, -0.1) is 0 Å². The van der Waals surface area contributed by atoms with E-state index in [9.17, 15) is 4.79 Å². The van der Waals surface area contributed by atoms with Gasteiger partial charge in [-0.1, -0.05) is 52.5 Å². The van der Waals surface area contributed by atoms with Gasteiger partial charge >= 0.3 is 11.7 Å². The molecule has 0 fully saturated rings. The number of halogens is 3. The lowest BCUT2D eigenvalue weighted by molar-refractivity contribution is -0.139. The Balaban J connectivity index is 2.82. The third-order valence-electron chi connectivity index (χ3n) is 1.99. The molecular weight excluding hydrogens is 298 g/mol. The van der Waals surface area contributed by atoms with Crippen molar-refractivity contribution in [3.8, 4) is 0 Å². The van der Waals surface area contributed by atoms with Crippen molar-refractivity contribution in [1.82, 2.24) is 0 Å². The van der Waals surface area contributed by atoms with Crippen LogP contribution in [0.2, 0.25) is 0 Å². The molecule has 0 bridgehead atoms. The molecule has 0 unspecified atom stereocenters. The molecule has 7 heteroatoms. The van der Waals surface area contributed by atoms with Crippen LogP contribution in [0, 0.1) is 6.92 Å². The number of benzene rings is 1. The molecule has 1 rings (SSSR count). The first-order valence-corrected chi connectivity index (χ1v) is 6.00. The van der Waals surface area contributed by atoms with E-state index < -0.39 is 16.4 Å². The summed E-state index contributed by atoms with van der Waals surface area (Å²) in [5.41, 5.74) is 10.0. The lowest BCUT2D eigenvalue weighted by Crippen LogP contribution is -2.24. The maximum atomic E-state index is 11.6. The quantitative estimate of drug-likeness (QED) is 0.283. The number of rotatable bonds is 3. The molecule has 0 atom stereocenters. The molecular formula is C11H9Cl3N2O2. The van der Waals surface area contributed by atoms with Gasteiger partial charge in [-0.05, 0) is 19.1 Å². The molecule has 0 spiro atoms. The fourth-order valence-corrected chi connectivity index (χ4v) is 1.31. The van der Waals surface area contributed by atoms with Crippen LogP contribution in [0.4, 0.5) is 0 Å². The van der Waals surface area contributed by atoms with Crippen LogP contribution in [-0.4, -0.2) is 26.9 Å². The molecule has 18 heavy (non-hydrogen) atoms. The van der Waals surface area contributed by atoms with Crippen LogP contribution < -0.4 is 0 Å². The first-order valence-electron chi connectivity index (χ1n) is 4.86. The summed E-state index contributed by atoms with van der Waals surface area (Å²) in [6.45, 7) is 1.46. The molecule has 1 aromatic carbocycles. The van der Waals surface area contributed by atoms with E-state index in [1.54, 1.807) is 24.3 Å². The third-order valence-corrected chi connectivity index (χ3v) is 2.31. The molecule has 0 saturated carbocycles. The molecule has 0 aliphatic heterocycles. The van der Waals surface area contributed by atoms with Crippen molar-refractivity contribution in [1.29, 1.82) is 0 Å². The number of ether oxygens (including phenoxy) is 1. The number of esters is 1. The van der Waals surface area contributed by atoms with Gasteiger partial charge in [0.05, 0.1) is 5.56 Å². The van der Waals surface area contributed by atoms with Crippen LogP contribution in [0.3, 0.4) is 0 Å². The zero-order valence-corrected chi connectivity index (χ0v) is 11.6. The summed E-state index contributed by atoms with van der Waals surface area (Å²) in [4.78, 5) is 14.5. The Morgan fingerprint density at radius 1 is 1.33 bits per heavy atom. The highest BCUT2D eigenvalue weighted by molar-refractivity contribution is 6.67. The van der Waals surface area contributed by atoms with E-state index in [0.29, 0.717) is 5.56 Å². The molecule has 0 amide bonds. The molecule has 1 aromatic rings. The number of hydrogen-bond acceptors (Lipinski definition) is 2.